The molecule has 1 N–H and O–H groups in total. The third-order valence-corrected chi connectivity index (χ3v) is 4.55. The van der Waals surface area contributed by atoms with E-state index in [-0.39, 0.29) is 0 Å². The van der Waals surface area contributed by atoms with Crippen LogP contribution in [0.15, 0.2) is 24.4 Å². The summed E-state index contributed by atoms with van der Waals surface area (Å²) in [6.45, 7) is 3.11. The lowest BCUT2D eigenvalue weighted by atomic mass is 10.0. The van der Waals surface area contributed by atoms with E-state index in [2.05, 4.69) is 40.0 Å². The zero-order valence-corrected chi connectivity index (χ0v) is 12.0. The van der Waals surface area contributed by atoms with Crippen molar-refractivity contribution in [2.75, 3.05) is 6.54 Å². The first kappa shape index (κ1) is 12.8. The quantitative estimate of drug-likeness (QED) is 0.910. The first-order valence-corrected chi connectivity index (χ1v) is 7.75. The van der Waals surface area contributed by atoms with E-state index < -0.39 is 0 Å². The maximum Gasteiger partial charge on any atom is 0.0669 e. The summed E-state index contributed by atoms with van der Waals surface area (Å²) in [5.74, 6) is 0. The van der Waals surface area contributed by atoms with Gasteiger partial charge in [-0.05, 0) is 60.5 Å². The minimum Gasteiger partial charge on any atom is -0.309 e. The van der Waals surface area contributed by atoms with Gasteiger partial charge in [-0.25, -0.2) is 0 Å². The topological polar surface area (TPSA) is 37.8 Å². The maximum absolute atomic E-state index is 3.98. The number of aryl methyl sites for hydroxylation is 2. The highest BCUT2D eigenvalue weighted by Crippen LogP contribution is 2.26. The van der Waals surface area contributed by atoms with Gasteiger partial charge in [-0.15, -0.1) is 5.10 Å². The molecule has 3 rings (SSSR count). The first-order valence-electron chi connectivity index (χ1n) is 6.98. The monoisotopic (exact) mass is 273 g/mol. The molecule has 3 nitrogen and oxygen atoms in total. The predicted molar refractivity (Wildman–Crippen MR) is 78.5 cm³/mol. The van der Waals surface area contributed by atoms with Gasteiger partial charge in [0.05, 0.1) is 11.1 Å². The Morgan fingerprint density at radius 2 is 2.21 bits per heavy atom. The van der Waals surface area contributed by atoms with Gasteiger partial charge >= 0.3 is 0 Å². The molecule has 1 aromatic heterocycles. The number of hydrogen-bond acceptors (Lipinski definition) is 4. The fourth-order valence-electron chi connectivity index (χ4n) is 2.84. The molecule has 2 aromatic rings. The fourth-order valence-corrected chi connectivity index (χ4v) is 3.41. The van der Waals surface area contributed by atoms with Crippen molar-refractivity contribution in [2.24, 2.45) is 0 Å². The molecule has 1 aliphatic rings. The van der Waals surface area contributed by atoms with Gasteiger partial charge < -0.3 is 5.32 Å². The fraction of sp³-hybridized carbons (Fsp3) is 0.467. The zero-order chi connectivity index (χ0) is 13.1. The molecule has 1 atom stereocenters. The molecule has 4 heteroatoms. The minimum absolute atomic E-state index is 0.337. The van der Waals surface area contributed by atoms with E-state index in [1.165, 1.54) is 41.2 Å². The smallest absolute Gasteiger partial charge is 0.0669 e. The molecule has 1 aromatic carbocycles. The van der Waals surface area contributed by atoms with Crippen molar-refractivity contribution in [1.29, 1.82) is 0 Å². The van der Waals surface area contributed by atoms with Crippen LogP contribution in [0.2, 0.25) is 0 Å². The average molecular weight is 273 g/mol. The maximum atomic E-state index is 3.98. The van der Waals surface area contributed by atoms with Crippen LogP contribution in [-0.4, -0.2) is 16.1 Å². The van der Waals surface area contributed by atoms with Crippen LogP contribution in [0.4, 0.5) is 0 Å². The first-order chi connectivity index (χ1) is 9.36. The zero-order valence-electron chi connectivity index (χ0n) is 11.2. The Morgan fingerprint density at radius 1 is 1.32 bits per heavy atom. The molecule has 0 saturated carbocycles. The summed E-state index contributed by atoms with van der Waals surface area (Å²) in [4.78, 5) is 1.22. The lowest BCUT2D eigenvalue weighted by molar-refractivity contribution is 0.557. The van der Waals surface area contributed by atoms with E-state index in [1.807, 2.05) is 6.20 Å². The normalized spacial score (nSPS) is 15.4. The Hall–Kier alpha value is -1.26. The number of rotatable bonds is 5. The number of nitrogens with one attached hydrogen (secondary N) is 1. The highest BCUT2D eigenvalue weighted by molar-refractivity contribution is 7.05. The van der Waals surface area contributed by atoms with E-state index in [1.54, 1.807) is 11.1 Å². The molecule has 1 heterocycles. The second-order valence-electron chi connectivity index (χ2n) is 5.09. The molecular formula is C15H19N3S. The Morgan fingerprint density at radius 3 is 3.00 bits per heavy atom. The Labute approximate surface area is 118 Å². The van der Waals surface area contributed by atoms with Gasteiger partial charge in [-0.3, -0.25) is 0 Å². The second kappa shape index (κ2) is 5.80. The summed E-state index contributed by atoms with van der Waals surface area (Å²) in [6, 6.07) is 7.32. The summed E-state index contributed by atoms with van der Waals surface area (Å²) in [7, 11) is 0. The third kappa shape index (κ3) is 2.85. The van der Waals surface area contributed by atoms with Gasteiger partial charge in [-0.1, -0.05) is 29.6 Å². The summed E-state index contributed by atoms with van der Waals surface area (Å²) in [5.41, 5.74) is 4.51. The highest BCUT2D eigenvalue weighted by Gasteiger charge is 2.16. The van der Waals surface area contributed by atoms with E-state index in [9.17, 15) is 0 Å². The van der Waals surface area contributed by atoms with Crippen molar-refractivity contribution in [1.82, 2.24) is 14.9 Å². The largest absolute Gasteiger partial charge is 0.309 e. The second-order valence-corrected chi connectivity index (χ2v) is 5.91. The number of aromatic nitrogens is 2. The van der Waals surface area contributed by atoms with Crippen molar-refractivity contribution in [2.45, 2.75) is 38.6 Å². The van der Waals surface area contributed by atoms with Gasteiger partial charge in [0.2, 0.25) is 0 Å². The lowest BCUT2D eigenvalue weighted by Gasteiger charge is -2.16. The van der Waals surface area contributed by atoms with Gasteiger partial charge in [0.15, 0.2) is 0 Å². The van der Waals surface area contributed by atoms with Gasteiger partial charge in [0.1, 0.15) is 0 Å². The number of likely N-dealkylation sites (N-methyl/N-ethyl adjacent to an activating group) is 1. The predicted octanol–water partition coefficient (Wildman–Crippen LogP) is 2.92. The molecule has 1 aliphatic carbocycles. The molecule has 0 aliphatic heterocycles. The molecule has 0 amide bonds. The van der Waals surface area contributed by atoms with Crippen LogP contribution in [0.25, 0.3) is 0 Å². The molecule has 1 unspecified atom stereocenters. The summed E-state index contributed by atoms with van der Waals surface area (Å²) in [6.07, 6.45) is 6.71. The van der Waals surface area contributed by atoms with Crippen molar-refractivity contribution in [3.63, 3.8) is 0 Å². The number of benzene rings is 1. The van der Waals surface area contributed by atoms with Gasteiger partial charge in [-0.2, -0.15) is 0 Å². The minimum atomic E-state index is 0.337. The molecule has 0 saturated heterocycles. The average Bonchev–Trinajstić information content (AvgIpc) is 3.09. The van der Waals surface area contributed by atoms with Crippen LogP contribution in [0.3, 0.4) is 0 Å². The molecule has 19 heavy (non-hydrogen) atoms. The van der Waals surface area contributed by atoms with E-state index in [0.29, 0.717) is 6.04 Å². The van der Waals surface area contributed by atoms with Crippen molar-refractivity contribution < 1.29 is 0 Å². The van der Waals surface area contributed by atoms with Crippen LogP contribution in [0, 0.1) is 0 Å². The van der Waals surface area contributed by atoms with Crippen LogP contribution in [0.5, 0.6) is 0 Å². The Kier molecular flexibility index (Phi) is 3.89. The van der Waals surface area contributed by atoms with E-state index in [0.717, 1.165) is 13.0 Å². The van der Waals surface area contributed by atoms with Crippen molar-refractivity contribution in [3.05, 3.63) is 46.0 Å². The highest BCUT2D eigenvalue weighted by atomic mass is 32.1. The van der Waals surface area contributed by atoms with E-state index in [4.69, 9.17) is 0 Å². The van der Waals surface area contributed by atoms with Crippen LogP contribution in [-0.2, 0) is 19.3 Å². The molecule has 100 valence electrons. The number of hydrogen-bond donors (Lipinski definition) is 1. The summed E-state index contributed by atoms with van der Waals surface area (Å²) >= 11 is 1.49. The number of fused-ring (bicyclic) bond motifs is 1. The molecule has 0 fully saturated rings. The van der Waals surface area contributed by atoms with Crippen molar-refractivity contribution >= 4 is 11.5 Å². The van der Waals surface area contributed by atoms with Crippen LogP contribution >= 0.6 is 11.5 Å². The SMILES string of the molecule is CCNC(Cc1ccc2c(c1)CCC2)c1cnns1. The Balaban J connectivity index is 1.78. The summed E-state index contributed by atoms with van der Waals surface area (Å²) in [5, 5.41) is 7.48. The van der Waals surface area contributed by atoms with Crippen molar-refractivity contribution in [3.8, 4) is 0 Å². The Bertz CT molecular complexity index is 536. The van der Waals surface area contributed by atoms with Crippen LogP contribution in [0.1, 0.15) is 41.0 Å². The molecule has 0 bridgehead atoms. The van der Waals surface area contributed by atoms with E-state index >= 15 is 0 Å². The van der Waals surface area contributed by atoms with Gasteiger partial charge in [0.25, 0.3) is 0 Å². The summed E-state index contributed by atoms with van der Waals surface area (Å²) < 4.78 is 3.98. The third-order valence-electron chi connectivity index (χ3n) is 3.78. The molecular weight excluding hydrogens is 254 g/mol. The molecule has 0 spiro atoms. The lowest BCUT2D eigenvalue weighted by Crippen LogP contribution is -2.22. The van der Waals surface area contributed by atoms with Crippen LogP contribution < -0.4 is 5.32 Å². The molecule has 0 radical (unpaired) electrons. The van der Waals surface area contributed by atoms with Gasteiger partial charge in [0, 0.05) is 6.04 Å². The number of nitrogens with zero attached hydrogens (tertiary/aromatic N) is 2. The standard InChI is InChI=1S/C15H19N3S/c1-2-16-14(15-10-17-18-19-15)9-11-6-7-12-4-3-5-13(12)8-11/h6-8,10,14,16H,2-5,9H2,1H3.